The molecule has 1 N–H and O–H groups in total. The Balaban J connectivity index is 2.05. The van der Waals surface area contributed by atoms with Gasteiger partial charge in [0.15, 0.2) is 0 Å². The van der Waals surface area contributed by atoms with E-state index in [4.69, 9.17) is 16.3 Å². The van der Waals surface area contributed by atoms with E-state index in [2.05, 4.69) is 27.3 Å². The number of methoxy groups -OCH3 is 1. The van der Waals surface area contributed by atoms with E-state index in [1.807, 2.05) is 12.1 Å². The second-order valence-corrected chi connectivity index (χ2v) is 5.76. The van der Waals surface area contributed by atoms with Crippen LogP contribution in [-0.2, 0) is 6.54 Å². The van der Waals surface area contributed by atoms with Crippen LogP contribution in [0.1, 0.15) is 24.8 Å². The first-order chi connectivity index (χ1) is 8.19. The Labute approximate surface area is 116 Å². The van der Waals surface area contributed by atoms with Gasteiger partial charge in [0.1, 0.15) is 5.75 Å². The number of rotatable bonds is 5. The third-order valence-corrected chi connectivity index (χ3v) is 4.47. The lowest BCUT2D eigenvalue weighted by atomic mass is 9.78. The van der Waals surface area contributed by atoms with Crippen LogP contribution in [0, 0.1) is 0 Å². The molecule has 0 spiro atoms. The average molecular weight is 319 g/mol. The molecule has 0 amide bonds. The second-order valence-electron chi connectivity index (χ2n) is 4.58. The van der Waals surface area contributed by atoms with Crippen molar-refractivity contribution in [1.82, 2.24) is 5.32 Å². The van der Waals surface area contributed by atoms with Gasteiger partial charge >= 0.3 is 0 Å². The van der Waals surface area contributed by atoms with E-state index >= 15 is 0 Å². The fourth-order valence-electron chi connectivity index (χ4n) is 2.13. The van der Waals surface area contributed by atoms with E-state index in [1.165, 1.54) is 24.8 Å². The van der Waals surface area contributed by atoms with Gasteiger partial charge in [-0.2, -0.15) is 0 Å². The molecule has 0 atom stereocenters. The fourth-order valence-corrected chi connectivity index (χ4v) is 2.90. The number of ether oxygens (including phenoxy) is 1. The summed E-state index contributed by atoms with van der Waals surface area (Å²) in [5, 5.41) is 3.57. The Morgan fingerprint density at radius 2 is 2.24 bits per heavy atom. The molecule has 0 heterocycles. The van der Waals surface area contributed by atoms with Crippen molar-refractivity contribution in [3.63, 3.8) is 0 Å². The molecule has 0 bridgehead atoms. The maximum atomic E-state index is 6.03. The molecule has 2 nitrogen and oxygen atoms in total. The van der Waals surface area contributed by atoms with Crippen LogP contribution in [-0.4, -0.2) is 18.5 Å². The van der Waals surface area contributed by atoms with E-state index in [0.29, 0.717) is 5.88 Å². The summed E-state index contributed by atoms with van der Waals surface area (Å²) in [6, 6.07) is 6.06. The first-order valence-corrected chi connectivity index (χ1v) is 7.15. The Hall–Kier alpha value is -0.250. The minimum absolute atomic E-state index is 0.148. The van der Waals surface area contributed by atoms with E-state index < -0.39 is 0 Å². The molecule has 1 aliphatic rings. The van der Waals surface area contributed by atoms with Crippen LogP contribution >= 0.6 is 27.5 Å². The van der Waals surface area contributed by atoms with Crippen LogP contribution in [0.25, 0.3) is 0 Å². The largest absolute Gasteiger partial charge is 0.496 e. The molecule has 4 heteroatoms. The van der Waals surface area contributed by atoms with Gasteiger partial charge in [-0.15, -0.1) is 11.6 Å². The maximum Gasteiger partial charge on any atom is 0.123 e. The molecule has 0 aliphatic heterocycles. The zero-order valence-corrected chi connectivity index (χ0v) is 12.3. The molecular formula is C13H17BrClNO. The van der Waals surface area contributed by atoms with Crippen molar-refractivity contribution in [3.05, 3.63) is 28.2 Å². The molecule has 0 saturated heterocycles. The summed E-state index contributed by atoms with van der Waals surface area (Å²) in [5.74, 6) is 1.60. The summed E-state index contributed by atoms with van der Waals surface area (Å²) in [7, 11) is 1.70. The highest BCUT2D eigenvalue weighted by atomic mass is 79.9. The highest BCUT2D eigenvalue weighted by Crippen LogP contribution is 2.34. The summed E-state index contributed by atoms with van der Waals surface area (Å²) >= 11 is 9.51. The Bertz CT molecular complexity index is 387. The highest BCUT2D eigenvalue weighted by Gasteiger charge is 2.35. The molecule has 1 fully saturated rings. The summed E-state index contributed by atoms with van der Waals surface area (Å²) in [6.45, 7) is 0.801. The summed E-state index contributed by atoms with van der Waals surface area (Å²) in [6.07, 6.45) is 3.62. The second kappa shape index (κ2) is 5.59. The van der Waals surface area contributed by atoms with Gasteiger partial charge in [0.25, 0.3) is 0 Å². The average Bonchev–Trinajstić information content (AvgIpc) is 2.28. The Kier molecular flexibility index (Phi) is 4.34. The SMILES string of the molecule is COc1ccc(Br)cc1CNC1(CCl)CCC1. The van der Waals surface area contributed by atoms with Crippen LogP contribution < -0.4 is 10.1 Å². The summed E-state index contributed by atoms with van der Waals surface area (Å²) in [5.41, 5.74) is 1.31. The van der Waals surface area contributed by atoms with Crippen molar-refractivity contribution in [2.45, 2.75) is 31.3 Å². The number of hydrogen-bond acceptors (Lipinski definition) is 2. The van der Waals surface area contributed by atoms with Crippen molar-refractivity contribution in [2.24, 2.45) is 0 Å². The number of nitrogens with one attached hydrogen (secondary N) is 1. The monoisotopic (exact) mass is 317 g/mol. The molecule has 0 unspecified atom stereocenters. The van der Waals surface area contributed by atoms with E-state index in [9.17, 15) is 0 Å². The minimum atomic E-state index is 0.148. The lowest BCUT2D eigenvalue weighted by Gasteiger charge is -2.41. The van der Waals surface area contributed by atoms with Crippen LogP contribution in [0.2, 0.25) is 0 Å². The smallest absolute Gasteiger partial charge is 0.123 e. The topological polar surface area (TPSA) is 21.3 Å². The molecule has 1 aromatic carbocycles. The third kappa shape index (κ3) is 2.95. The van der Waals surface area contributed by atoms with Crippen LogP contribution in [0.4, 0.5) is 0 Å². The van der Waals surface area contributed by atoms with E-state index in [1.54, 1.807) is 7.11 Å². The molecular weight excluding hydrogens is 302 g/mol. The number of hydrogen-bond donors (Lipinski definition) is 1. The predicted molar refractivity (Wildman–Crippen MR) is 74.8 cm³/mol. The van der Waals surface area contributed by atoms with Gasteiger partial charge < -0.3 is 10.1 Å². The standard InChI is InChI=1S/C13H17BrClNO/c1-17-12-4-3-11(14)7-10(12)8-16-13(9-15)5-2-6-13/h3-4,7,16H,2,5-6,8-9H2,1H3. The van der Waals surface area contributed by atoms with Crippen molar-refractivity contribution < 1.29 is 4.74 Å². The first-order valence-electron chi connectivity index (χ1n) is 5.82. The van der Waals surface area contributed by atoms with Gasteiger partial charge in [-0.05, 0) is 37.5 Å². The molecule has 2 rings (SSSR count). The van der Waals surface area contributed by atoms with E-state index in [-0.39, 0.29) is 5.54 Å². The molecule has 1 aromatic rings. The van der Waals surface area contributed by atoms with Gasteiger partial charge in [-0.3, -0.25) is 0 Å². The normalized spacial score (nSPS) is 17.6. The predicted octanol–water partition coefficient (Wildman–Crippen LogP) is 3.71. The zero-order chi connectivity index (χ0) is 12.3. The Morgan fingerprint density at radius 1 is 1.47 bits per heavy atom. The minimum Gasteiger partial charge on any atom is -0.496 e. The van der Waals surface area contributed by atoms with Gasteiger partial charge in [0.05, 0.1) is 7.11 Å². The quantitative estimate of drug-likeness (QED) is 0.836. The summed E-state index contributed by atoms with van der Waals surface area (Å²) in [4.78, 5) is 0. The molecule has 94 valence electrons. The Morgan fingerprint density at radius 3 is 2.76 bits per heavy atom. The fraction of sp³-hybridized carbons (Fsp3) is 0.538. The summed E-state index contributed by atoms with van der Waals surface area (Å²) < 4.78 is 6.43. The molecule has 0 radical (unpaired) electrons. The highest BCUT2D eigenvalue weighted by molar-refractivity contribution is 9.10. The lowest BCUT2D eigenvalue weighted by molar-refractivity contribution is 0.210. The van der Waals surface area contributed by atoms with E-state index in [0.717, 1.165) is 16.8 Å². The maximum absolute atomic E-state index is 6.03. The lowest BCUT2D eigenvalue weighted by Crippen LogP contribution is -2.52. The van der Waals surface area contributed by atoms with Crippen molar-refractivity contribution in [2.75, 3.05) is 13.0 Å². The first kappa shape index (κ1) is 13.2. The molecule has 1 saturated carbocycles. The zero-order valence-electron chi connectivity index (χ0n) is 9.93. The van der Waals surface area contributed by atoms with Gasteiger partial charge in [0, 0.05) is 28.0 Å². The van der Waals surface area contributed by atoms with Crippen molar-refractivity contribution >= 4 is 27.5 Å². The number of halogens is 2. The van der Waals surface area contributed by atoms with Crippen LogP contribution in [0.15, 0.2) is 22.7 Å². The third-order valence-electron chi connectivity index (χ3n) is 3.46. The van der Waals surface area contributed by atoms with Gasteiger partial charge in [-0.25, -0.2) is 0 Å². The van der Waals surface area contributed by atoms with Crippen LogP contribution in [0.5, 0.6) is 5.75 Å². The molecule has 17 heavy (non-hydrogen) atoms. The van der Waals surface area contributed by atoms with Crippen LogP contribution in [0.3, 0.4) is 0 Å². The van der Waals surface area contributed by atoms with Gasteiger partial charge in [0.2, 0.25) is 0 Å². The van der Waals surface area contributed by atoms with Gasteiger partial charge in [-0.1, -0.05) is 15.9 Å². The van der Waals surface area contributed by atoms with Crippen molar-refractivity contribution in [1.29, 1.82) is 0 Å². The molecule has 0 aromatic heterocycles. The molecule has 1 aliphatic carbocycles. The van der Waals surface area contributed by atoms with Crippen molar-refractivity contribution in [3.8, 4) is 5.75 Å². The number of alkyl halides is 1. The number of benzene rings is 1.